The largest absolute Gasteiger partial charge is 0.480 e. The Labute approximate surface area is 62.8 Å². The van der Waals surface area contributed by atoms with Crippen LogP contribution in [-0.4, -0.2) is 28.9 Å². The molecule has 10 heavy (non-hydrogen) atoms. The molecule has 0 aliphatic heterocycles. The number of carboxylic acid groups (broad SMARTS) is 1. The number of halogens is 1. The quantitative estimate of drug-likeness (QED) is 0.582. The standard InChI is InChI=1S/C5H10FNO2S/c6-3-10-2-1-4(7)5(8)9/h4H,1-3,7H2,(H,8,9)/t4-/m0/s1/i6-1. The van der Waals surface area contributed by atoms with Crippen LogP contribution in [0, 0.1) is 0 Å². The summed E-state index contributed by atoms with van der Waals surface area (Å²) in [6, 6.07) is -1.33. The number of nitrogens with two attached hydrogens (primary N) is 1. The summed E-state index contributed by atoms with van der Waals surface area (Å²) in [4.78, 5) is 10.1. The van der Waals surface area contributed by atoms with E-state index in [1.54, 1.807) is 0 Å². The van der Waals surface area contributed by atoms with Crippen LogP contribution in [0.15, 0.2) is 0 Å². The fraction of sp³-hybridized carbons (Fsp3) is 0.800. The highest BCUT2D eigenvalue weighted by Gasteiger charge is 2.09. The van der Waals surface area contributed by atoms with Gasteiger partial charge in [0.15, 0.2) is 0 Å². The zero-order valence-electron chi connectivity index (χ0n) is 5.42. The number of alkyl halides is 1. The van der Waals surface area contributed by atoms with Crippen LogP contribution in [-0.2, 0) is 4.79 Å². The van der Waals surface area contributed by atoms with Crippen molar-refractivity contribution in [3.8, 4) is 0 Å². The minimum atomic E-state index is -1.03. The molecule has 0 heterocycles. The number of carbonyl (C=O) groups is 1. The molecule has 0 aliphatic carbocycles. The van der Waals surface area contributed by atoms with Crippen LogP contribution in [0.4, 0.5) is 4.39 Å². The highest BCUT2D eigenvalue weighted by atomic mass is 32.2. The van der Waals surface area contributed by atoms with E-state index in [4.69, 9.17) is 10.8 Å². The van der Waals surface area contributed by atoms with Gasteiger partial charge in [0, 0.05) is 0 Å². The molecular formula is C5H10FNO2S. The first-order chi connectivity index (χ1) is 4.68. The molecule has 0 amide bonds. The number of aliphatic carboxylic acids is 1. The van der Waals surface area contributed by atoms with E-state index in [0.717, 1.165) is 11.8 Å². The summed E-state index contributed by atoms with van der Waals surface area (Å²) in [7, 11) is 0. The van der Waals surface area contributed by atoms with Gasteiger partial charge >= 0.3 is 5.97 Å². The normalized spacial score (nSPS) is 13.0. The van der Waals surface area contributed by atoms with Gasteiger partial charge in [0.1, 0.15) is 12.0 Å². The first-order valence-electron chi connectivity index (χ1n) is 2.80. The van der Waals surface area contributed by atoms with Crippen LogP contribution < -0.4 is 5.73 Å². The maximum atomic E-state index is 11.4. The van der Waals surface area contributed by atoms with Gasteiger partial charge in [-0.15, -0.1) is 11.8 Å². The summed E-state index contributed by atoms with van der Waals surface area (Å²) >= 11 is 1.04. The molecule has 0 fully saturated rings. The Bertz CT molecular complexity index is 112. The molecular weight excluding hydrogens is 156 g/mol. The summed E-state index contributed by atoms with van der Waals surface area (Å²) in [6.07, 6.45) is 0.323. The highest BCUT2D eigenvalue weighted by Crippen LogP contribution is 2.03. The van der Waals surface area contributed by atoms with Crippen molar-refractivity contribution in [1.82, 2.24) is 0 Å². The predicted molar refractivity (Wildman–Crippen MR) is 38.7 cm³/mol. The lowest BCUT2D eigenvalue weighted by Gasteiger charge is -2.02. The van der Waals surface area contributed by atoms with Gasteiger partial charge in [-0.25, -0.2) is 4.39 Å². The van der Waals surface area contributed by atoms with E-state index >= 15 is 0 Å². The van der Waals surface area contributed by atoms with Crippen molar-refractivity contribution >= 4 is 17.7 Å². The van der Waals surface area contributed by atoms with E-state index < -0.39 is 18.0 Å². The number of carboxylic acids is 1. The third-order valence-electron chi connectivity index (χ3n) is 0.968. The topological polar surface area (TPSA) is 63.3 Å². The van der Waals surface area contributed by atoms with Crippen LogP contribution in [0.5, 0.6) is 0 Å². The monoisotopic (exact) mass is 166 g/mol. The molecule has 3 N–H and O–H groups in total. The summed E-state index contributed by atoms with van der Waals surface area (Å²) in [6.45, 7) is 0. The Hall–Kier alpha value is -0.290. The molecule has 0 rings (SSSR count). The summed E-state index contributed by atoms with van der Waals surface area (Å²) in [5.74, 6) is -0.566. The van der Waals surface area contributed by atoms with Crippen molar-refractivity contribution in [2.24, 2.45) is 5.73 Å². The minimum Gasteiger partial charge on any atom is -0.480 e. The maximum absolute atomic E-state index is 11.4. The molecule has 0 aliphatic rings. The van der Waals surface area contributed by atoms with Gasteiger partial charge in [0.25, 0.3) is 0 Å². The van der Waals surface area contributed by atoms with Gasteiger partial charge in [-0.3, -0.25) is 4.79 Å². The van der Waals surface area contributed by atoms with Gasteiger partial charge in [-0.05, 0) is 12.2 Å². The predicted octanol–water partition coefficient (Wildman–Crippen LogP) is 0.449. The third kappa shape index (κ3) is 4.58. The first kappa shape index (κ1) is 9.71. The summed E-state index contributed by atoms with van der Waals surface area (Å²) < 4.78 is 11.4. The Morgan fingerprint density at radius 1 is 1.80 bits per heavy atom. The molecule has 0 radical (unpaired) electrons. The first-order valence-corrected chi connectivity index (χ1v) is 3.96. The van der Waals surface area contributed by atoms with Crippen LogP contribution in [0.3, 0.4) is 0 Å². The lowest BCUT2D eigenvalue weighted by atomic mass is 10.2. The molecule has 0 saturated carbocycles. The molecule has 0 aromatic rings. The molecule has 0 bridgehead atoms. The van der Waals surface area contributed by atoms with Gasteiger partial charge in [0.05, 0.1) is 0 Å². The van der Waals surface area contributed by atoms with Crippen LogP contribution in [0.25, 0.3) is 0 Å². The highest BCUT2D eigenvalue weighted by molar-refractivity contribution is 7.99. The second-order valence-electron chi connectivity index (χ2n) is 1.75. The number of hydrogen-bond donors (Lipinski definition) is 2. The third-order valence-corrected chi connectivity index (χ3v) is 1.65. The van der Waals surface area contributed by atoms with Crippen molar-refractivity contribution in [1.29, 1.82) is 0 Å². The van der Waals surface area contributed by atoms with Crippen molar-refractivity contribution in [3.05, 3.63) is 0 Å². The lowest BCUT2D eigenvalue weighted by Crippen LogP contribution is -2.30. The Kier molecular flexibility index (Phi) is 5.33. The van der Waals surface area contributed by atoms with E-state index in [2.05, 4.69) is 0 Å². The number of rotatable bonds is 5. The van der Waals surface area contributed by atoms with Crippen LogP contribution in [0.2, 0.25) is 0 Å². The van der Waals surface area contributed by atoms with Crippen LogP contribution >= 0.6 is 11.8 Å². The molecule has 0 aromatic carbocycles. The smallest absolute Gasteiger partial charge is 0.320 e. The molecule has 0 unspecified atom stereocenters. The van der Waals surface area contributed by atoms with Crippen molar-refractivity contribution in [2.45, 2.75) is 12.5 Å². The molecule has 1 atom stereocenters. The fourth-order valence-corrected chi connectivity index (χ4v) is 0.918. The Morgan fingerprint density at radius 2 is 2.40 bits per heavy atom. The summed E-state index contributed by atoms with van der Waals surface area (Å²) in [5.41, 5.74) is 5.12. The molecule has 60 valence electrons. The SMILES string of the molecule is N[C@@H](CCSC[18F])C(=O)O. The molecule has 0 spiro atoms. The molecule has 0 aromatic heterocycles. The van der Waals surface area contributed by atoms with E-state index in [0.29, 0.717) is 12.2 Å². The Morgan fingerprint density at radius 3 is 2.80 bits per heavy atom. The van der Waals surface area contributed by atoms with Crippen molar-refractivity contribution in [2.75, 3.05) is 11.8 Å². The molecule has 5 heteroatoms. The van der Waals surface area contributed by atoms with Gasteiger partial charge in [-0.2, -0.15) is 0 Å². The summed E-state index contributed by atoms with van der Waals surface area (Å²) in [5, 5.41) is 8.25. The average Bonchev–Trinajstić information content (AvgIpc) is 1.88. The van der Waals surface area contributed by atoms with E-state index in [1.165, 1.54) is 0 Å². The number of thioether (sulfide) groups is 1. The lowest BCUT2D eigenvalue weighted by molar-refractivity contribution is -0.138. The molecule has 3 nitrogen and oxygen atoms in total. The average molecular weight is 166 g/mol. The zero-order chi connectivity index (χ0) is 7.98. The van der Waals surface area contributed by atoms with Crippen molar-refractivity contribution < 1.29 is 14.3 Å². The fourth-order valence-electron chi connectivity index (χ4n) is 0.388. The van der Waals surface area contributed by atoms with Crippen LogP contribution in [0.1, 0.15) is 6.42 Å². The van der Waals surface area contributed by atoms with Gasteiger partial charge in [0.2, 0.25) is 0 Å². The van der Waals surface area contributed by atoms with Crippen molar-refractivity contribution in [3.63, 3.8) is 0 Å². The second kappa shape index (κ2) is 5.49. The Balaban J connectivity index is 3.21. The van der Waals surface area contributed by atoms with Gasteiger partial charge in [-0.1, -0.05) is 0 Å². The minimum absolute atomic E-state index is 0.323. The maximum Gasteiger partial charge on any atom is 0.320 e. The van der Waals surface area contributed by atoms with E-state index in [1.807, 2.05) is 0 Å². The second-order valence-corrected chi connectivity index (χ2v) is 2.79. The van der Waals surface area contributed by atoms with E-state index in [-0.39, 0.29) is 0 Å². The zero-order valence-corrected chi connectivity index (χ0v) is 6.23. The molecule has 0 saturated heterocycles. The number of hydrogen-bond acceptors (Lipinski definition) is 3. The van der Waals surface area contributed by atoms with E-state index in [9.17, 15) is 9.18 Å². The van der Waals surface area contributed by atoms with Gasteiger partial charge < -0.3 is 10.8 Å².